The van der Waals surface area contributed by atoms with Crippen LogP contribution in [0.15, 0.2) is 53.6 Å². The molecule has 3 heterocycles. The fourth-order valence-electron chi connectivity index (χ4n) is 5.72. The average molecular weight is 586 g/mol. The van der Waals surface area contributed by atoms with Crippen LogP contribution in [0.25, 0.3) is 22.0 Å². The van der Waals surface area contributed by atoms with Gasteiger partial charge in [-0.3, -0.25) is 19.0 Å². The summed E-state index contributed by atoms with van der Waals surface area (Å²) in [5.41, 5.74) is 3.84. The van der Waals surface area contributed by atoms with E-state index in [1.54, 1.807) is 43.2 Å². The van der Waals surface area contributed by atoms with E-state index in [0.29, 0.717) is 54.2 Å². The van der Waals surface area contributed by atoms with Crippen molar-refractivity contribution in [2.45, 2.75) is 53.1 Å². The highest BCUT2D eigenvalue weighted by Gasteiger charge is 2.26. The number of anilines is 1. The van der Waals surface area contributed by atoms with E-state index in [1.807, 2.05) is 47.7 Å². The van der Waals surface area contributed by atoms with Gasteiger partial charge in [0.15, 0.2) is 0 Å². The van der Waals surface area contributed by atoms with Crippen molar-refractivity contribution < 1.29 is 13.9 Å². The lowest BCUT2D eigenvalue weighted by Crippen LogP contribution is -2.53. The number of alkyl halides is 1. The van der Waals surface area contributed by atoms with Gasteiger partial charge < -0.3 is 14.5 Å². The van der Waals surface area contributed by atoms with Gasteiger partial charge in [0.1, 0.15) is 5.75 Å². The van der Waals surface area contributed by atoms with E-state index in [9.17, 15) is 19.2 Å². The number of halogens is 1. The monoisotopic (exact) mass is 585 g/mol. The van der Waals surface area contributed by atoms with Crippen molar-refractivity contribution in [2.24, 2.45) is 13.0 Å². The van der Waals surface area contributed by atoms with Gasteiger partial charge in [-0.15, -0.1) is 0 Å². The predicted octanol–water partition coefficient (Wildman–Crippen LogP) is 4.30. The molecule has 10 nitrogen and oxygen atoms in total. The lowest BCUT2D eigenvalue weighted by molar-refractivity contribution is -0.131. The summed E-state index contributed by atoms with van der Waals surface area (Å²) in [5.74, 6) is 0.884. The molecule has 2 aromatic carbocycles. The second-order valence-corrected chi connectivity index (χ2v) is 11.2. The minimum absolute atomic E-state index is 0.0696. The number of ether oxygens (including phenoxy) is 1. The Labute approximate surface area is 249 Å². The molecule has 11 heteroatoms. The molecular formula is C32H36FN7O3. The molecule has 1 fully saturated rings. The highest BCUT2D eigenvalue weighted by Crippen LogP contribution is 2.28. The first kappa shape index (κ1) is 29.8. The Kier molecular flexibility index (Phi) is 8.48. The van der Waals surface area contributed by atoms with Gasteiger partial charge in [0, 0.05) is 76.0 Å². The standard InChI is InChI=1S/C32H36FN7O3/c1-20(15-34)12-24-6-9-30(43-22(3)33)26(13-24)19-40-29-14-25(7-8-28(29)31(42)37(40)5)27-16-35-32(36-17-27)38-10-11-39(23(4)41)21(2)18-38/h6-9,13-14,16-17,20-22H,10-12,18-19H2,1-5H3/t20?,21-,22?/m1/s1. The number of benzene rings is 2. The zero-order valence-corrected chi connectivity index (χ0v) is 25.1. The minimum atomic E-state index is -1.51. The van der Waals surface area contributed by atoms with E-state index in [-0.39, 0.29) is 30.0 Å². The van der Waals surface area contributed by atoms with Crippen LogP contribution in [0.4, 0.5) is 10.3 Å². The van der Waals surface area contributed by atoms with Crippen molar-refractivity contribution in [2.75, 3.05) is 24.5 Å². The quantitative estimate of drug-likeness (QED) is 0.303. The van der Waals surface area contributed by atoms with E-state index in [4.69, 9.17) is 4.74 Å². The van der Waals surface area contributed by atoms with E-state index in [0.717, 1.165) is 16.7 Å². The zero-order chi connectivity index (χ0) is 30.8. The van der Waals surface area contributed by atoms with E-state index in [1.165, 1.54) is 6.92 Å². The summed E-state index contributed by atoms with van der Waals surface area (Å²) in [6, 6.07) is 13.4. The normalized spacial score (nSPS) is 16.6. The fourth-order valence-corrected chi connectivity index (χ4v) is 5.72. The molecule has 1 aliphatic rings. The molecule has 224 valence electrons. The summed E-state index contributed by atoms with van der Waals surface area (Å²) in [5, 5.41) is 9.83. The molecule has 3 atom stereocenters. The average Bonchev–Trinajstić information content (AvgIpc) is 3.22. The number of hydrogen-bond acceptors (Lipinski definition) is 7. The van der Waals surface area contributed by atoms with Crippen molar-refractivity contribution in [1.82, 2.24) is 24.2 Å². The van der Waals surface area contributed by atoms with Gasteiger partial charge >= 0.3 is 0 Å². The number of nitrogens with zero attached hydrogens (tertiary/aromatic N) is 7. The van der Waals surface area contributed by atoms with E-state index in [2.05, 4.69) is 20.9 Å². The van der Waals surface area contributed by atoms with Gasteiger partial charge in [-0.1, -0.05) is 18.2 Å². The second kappa shape index (κ2) is 12.3. The minimum Gasteiger partial charge on any atom is -0.460 e. The Bertz CT molecular complexity index is 1740. The van der Waals surface area contributed by atoms with Crippen molar-refractivity contribution in [3.05, 3.63) is 70.3 Å². The molecule has 43 heavy (non-hydrogen) atoms. The molecule has 2 unspecified atom stereocenters. The van der Waals surface area contributed by atoms with Crippen molar-refractivity contribution >= 4 is 22.8 Å². The summed E-state index contributed by atoms with van der Waals surface area (Å²) in [7, 11) is 1.70. The summed E-state index contributed by atoms with van der Waals surface area (Å²) in [4.78, 5) is 38.2. The van der Waals surface area contributed by atoms with Gasteiger partial charge in [0.25, 0.3) is 5.56 Å². The first-order valence-electron chi connectivity index (χ1n) is 14.4. The Morgan fingerprint density at radius 2 is 1.88 bits per heavy atom. The topological polar surface area (TPSA) is 109 Å². The number of amides is 1. The fraction of sp³-hybridized carbons (Fsp3) is 0.406. The molecule has 5 rings (SSSR count). The summed E-state index contributed by atoms with van der Waals surface area (Å²) < 4.78 is 22.8. The van der Waals surface area contributed by atoms with E-state index >= 15 is 0 Å². The Hall–Kier alpha value is -4.72. The number of fused-ring (bicyclic) bond motifs is 1. The van der Waals surface area contributed by atoms with Gasteiger partial charge in [0.2, 0.25) is 18.2 Å². The number of aromatic nitrogens is 4. The maximum atomic E-state index is 13.9. The number of carbonyl (C=O) groups excluding carboxylic acids is 1. The van der Waals surface area contributed by atoms with Crippen LogP contribution in [0.5, 0.6) is 5.75 Å². The number of nitriles is 1. The molecule has 0 radical (unpaired) electrons. The van der Waals surface area contributed by atoms with E-state index < -0.39 is 6.36 Å². The predicted molar refractivity (Wildman–Crippen MR) is 162 cm³/mol. The number of piperazine rings is 1. The van der Waals surface area contributed by atoms with Crippen LogP contribution in [0.1, 0.15) is 38.8 Å². The Morgan fingerprint density at radius 3 is 2.53 bits per heavy atom. The molecule has 1 aliphatic heterocycles. The van der Waals surface area contributed by atoms with Crippen molar-refractivity contribution in [3.63, 3.8) is 0 Å². The molecule has 2 aromatic heterocycles. The maximum Gasteiger partial charge on any atom is 0.274 e. The second-order valence-electron chi connectivity index (χ2n) is 11.2. The van der Waals surface area contributed by atoms with Gasteiger partial charge in [-0.25, -0.2) is 14.4 Å². The maximum absolute atomic E-state index is 13.9. The first-order valence-corrected chi connectivity index (χ1v) is 14.4. The third-order valence-electron chi connectivity index (χ3n) is 7.95. The smallest absolute Gasteiger partial charge is 0.274 e. The van der Waals surface area contributed by atoms with Crippen LogP contribution in [-0.2, 0) is 24.8 Å². The molecule has 4 aromatic rings. The number of carbonyl (C=O) groups is 1. The van der Waals surface area contributed by atoms with Gasteiger partial charge in [-0.2, -0.15) is 5.26 Å². The van der Waals surface area contributed by atoms with Crippen LogP contribution in [0.3, 0.4) is 0 Å². The molecule has 0 saturated carbocycles. The SMILES string of the molecule is CC(=O)N1CCN(c2ncc(-c3ccc4c(=O)n(C)n(Cc5cc(CC(C)C#N)ccc5OC(C)F)c4c3)cn2)C[C@H]1C. The highest BCUT2D eigenvalue weighted by atomic mass is 19.1. The number of hydrogen-bond donors (Lipinski definition) is 0. The van der Waals surface area contributed by atoms with Crippen LogP contribution in [0, 0.1) is 17.2 Å². The molecule has 0 bridgehead atoms. The summed E-state index contributed by atoms with van der Waals surface area (Å²) in [6.07, 6.45) is 2.58. The molecular weight excluding hydrogens is 549 g/mol. The third kappa shape index (κ3) is 6.23. The Morgan fingerprint density at radius 1 is 1.14 bits per heavy atom. The lowest BCUT2D eigenvalue weighted by atomic mass is 10.00. The number of rotatable bonds is 8. The van der Waals surface area contributed by atoms with Crippen LogP contribution >= 0.6 is 0 Å². The molecule has 0 aliphatic carbocycles. The Balaban J connectivity index is 1.46. The molecule has 0 N–H and O–H groups in total. The largest absolute Gasteiger partial charge is 0.460 e. The lowest BCUT2D eigenvalue weighted by Gasteiger charge is -2.39. The highest BCUT2D eigenvalue weighted by molar-refractivity contribution is 5.84. The first-order chi connectivity index (χ1) is 20.5. The summed E-state index contributed by atoms with van der Waals surface area (Å²) >= 11 is 0. The van der Waals surface area contributed by atoms with Gasteiger partial charge in [-0.05, 0) is 49.6 Å². The zero-order valence-electron chi connectivity index (χ0n) is 25.1. The molecule has 1 saturated heterocycles. The third-order valence-corrected chi connectivity index (χ3v) is 7.95. The van der Waals surface area contributed by atoms with Crippen LogP contribution in [-0.4, -0.2) is 62.2 Å². The van der Waals surface area contributed by atoms with Crippen LogP contribution < -0.4 is 15.2 Å². The van der Waals surface area contributed by atoms with Gasteiger partial charge in [0.05, 0.1) is 23.5 Å². The molecule has 0 spiro atoms. The molecule has 1 amide bonds. The van der Waals surface area contributed by atoms with Crippen molar-refractivity contribution in [1.29, 1.82) is 5.26 Å². The van der Waals surface area contributed by atoms with Crippen molar-refractivity contribution in [3.8, 4) is 22.9 Å². The van der Waals surface area contributed by atoms with Crippen LogP contribution in [0.2, 0.25) is 0 Å². The summed E-state index contributed by atoms with van der Waals surface area (Å²) in [6.45, 7) is 8.99.